The van der Waals surface area contributed by atoms with Crippen LogP contribution in [-0.4, -0.2) is 88.7 Å². The Hall–Kier alpha value is -3.60. The number of fused-ring (bicyclic) bond motifs is 1. The highest BCUT2D eigenvalue weighted by Crippen LogP contribution is 2.33. The molecule has 196 valence electrons. The van der Waals surface area contributed by atoms with Gasteiger partial charge in [-0.3, -0.25) is 10.00 Å². The first-order valence-electron chi connectivity index (χ1n) is 12.2. The normalized spacial score (nSPS) is 15.6. The summed E-state index contributed by atoms with van der Waals surface area (Å²) in [6.07, 6.45) is 5.70. The van der Waals surface area contributed by atoms with Crippen LogP contribution in [0.25, 0.3) is 17.0 Å². The van der Waals surface area contributed by atoms with Crippen LogP contribution in [0.5, 0.6) is 5.75 Å². The summed E-state index contributed by atoms with van der Waals surface area (Å²) in [7, 11) is 0. The number of piperazine rings is 1. The fraction of sp³-hybridized carbons (Fsp3) is 0.346. The average Bonchev–Trinajstić information content (AvgIpc) is 3.51. The van der Waals surface area contributed by atoms with Gasteiger partial charge in [0.1, 0.15) is 17.4 Å². The van der Waals surface area contributed by atoms with Crippen molar-refractivity contribution in [2.45, 2.75) is 13.8 Å². The molecule has 1 saturated heterocycles. The average molecular weight is 525 g/mol. The number of aromatic amines is 2. The van der Waals surface area contributed by atoms with E-state index < -0.39 is 0 Å². The first kappa shape index (κ1) is 26.5. The van der Waals surface area contributed by atoms with E-state index in [1.165, 1.54) is 0 Å². The summed E-state index contributed by atoms with van der Waals surface area (Å²) in [6, 6.07) is 7.67. The van der Waals surface area contributed by atoms with Crippen LogP contribution in [0.1, 0.15) is 18.3 Å². The molecule has 0 spiro atoms. The molecule has 10 nitrogen and oxygen atoms in total. The number of allylic oxidation sites excluding steroid dienone is 1. The van der Waals surface area contributed by atoms with E-state index in [1.807, 2.05) is 56.3 Å². The first-order chi connectivity index (χ1) is 18.0. The lowest BCUT2D eigenvalue weighted by Gasteiger charge is -2.35. The second-order valence-electron chi connectivity index (χ2n) is 8.65. The first-order valence-corrected chi connectivity index (χ1v) is 12.5. The number of benzene rings is 1. The Morgan fingerprint density at radius 2 is 2.11 bits per heavy atom. The van der Waals surface area contributed by atoms with Crippen molar-refractivity contribution in [3.05, 3.63) is 58.6 Å². The molecule has 2 aromatic heterocycles. The van der Waals surface area contributed by atoms with Gasteiger partial charge in [-0.15, -0.1) is 0 Å². The van der Waals surface area contributed by atoms with E-state index in [4.69, 9.17) is 21.3 Å². The van der Waals surface area contributed by atoms with Crippen LogP contribution in [0, 0.1) is 6.92 Å². The summed E-state index contributed by atoms with van der Waals surface area (Å²) in [6.45, 7) is 11.7. The number of aryl methyl sites for hydroxylation is 1. The summed E-state index contributed by atoms with van der Waals surface area (Å²) in [5.74, 6) is 2.41. The van der Waals surface area contributed by atoms with Crippen molar-refractivity contribution in [3.8, 4) is 5.75 Å². The van der Waals surface area contributed by atoms with Gasteiger partial charge in [-0.05, 0) is 44.8 Å². The number of ether oxygens (including phenoxy) is 1. The number of hydrogen-bond donors (Lipinski definition) is 4. The predicted molar refractivity (Wildman–Crippen MR) is 151 cm³/mol. The lowest BCUT2D eigenvalue weighted by Crippen LogP contribution is -2.49. The minimum atomic E-state index is 0.0790. The number of aliphatic hydroxyl groups is 1. The SMILES string of the molecule is C=N/C(=C\C(=N/COc1ccc2[nH]c(C)cc2c1Cl)N1CCN(CCO)CC1)Nc1cc(/C=C/C)[nH]n1. The highest BCUT2D eigenvalue weighted by atomic mass is 35.5. The van der Waals surface area contributed by atoms with Crippen LogP contribution >= 0.6 is 11.6 Å². The molecule has 0 bridgehead atoms. The van der Waals surface area contributed by atoms with Crippen LogP contribution in [0.2, 0.25) is 5.02 Å². The number of β-amino-alcohol motifs (C(OH)–C–C–N with tert-alkyl or cyclic N) is 1. The van der Waals surface area contributed by atoms with Gasteiger partial charge in [-0.1, -0.05) is 17.7 Å². The van der Waals surface area contributed by atoms with Gasteiger partial charge in [0.15, 0.2) is 12.5 Å². The van der Waals surface area contributed by atoms with Gasteiger partial charge < -0.3 is 25.0 Å². The summed E-state index contributed by atoms with van der Waals surface area (Å²) < 4.78 is 5.97. The monoisotopic (exact) mass is 524 g/mol. The number of aliphatic hydroxyl groups excluding tert-OH is 1. The number of hydrogen-bond acceptors (Lipinski definition) is 7. The molecule has 1 fully saturated rings. The Bertz CT molecular complexity index is 1300. The second kappa shape index (κ2) is 12.6. The number of halogens is 1. The third-order valence-corrected chi connectivity index (χ3v) is 6.42. The van der Waals surface area contributed by atoms with E-state index in [-0.39, 0.29) is 13.3 Å². The third kappa shape index (κ3) is 6.79. The standard InChI is InChI=1S/C26H33ClN8O2/c1-4-5-19-15-24(33-32-19)31-23(28-3)16-25(35-10-8-34(9-11-35)12-13-36)29-17-37-22-7-6-21-20(26(22)27)14-18(2)30-21/h4-7,14-16,30,36H,3,8-13,17H2,1-2H3,(H2,31,32,33)/b5-4+,23-16+,29-25+. The molecule has 0 radical (unpaired) electrons. The molecule has 4 rings (SSSR count). The number of amidine groups is 1. The number of H-pyrrole nitrogens is 2. The lowest BCUT2D eigenvalue weighted by atomic mass is 10.2. The molecule has 3 aromatic rings. The minimum Gasteiger partial charge on any atom is -0.470 e. The maximum absolute atomic E-state index is 9.28. The van der Waals surface area contributed by atoms with Crippen molar-refractivity contribution in [3.63, 3.8) is 0 Å². The Balaban J connectivity index is 1.53. The van der Waals surface area contributed by atoms with Gasteiger partial charge in [0.25, 0.3) is 0 Å². The summed E-state index contributed by atoms with van der Waals surface area (Å²) in [5.41, 5.74) is 2.88. The topological polar surface area (TPSA) is 117 Å². The molecule has 0 aliphatic carbocycles. The van der Waals surface area contributed by atoms with Crippen molar-refractivity contribution >= 4 is 47.0 Å². The van der Waals surface area contributed by atoms with Crippen LogP contribution in [-0.2, 0) is 0 Å². The molecule has 1 aliphatic rings. The van der Waals surface area contributed by atoms with Crippen LogP contribution in [0.15, 0.2) is 52.2 Å². The zero-order chi connectivity index (χ0) is 26.2. The second-order valence-corrected chi connectivity index (χ2v) is 9.03. The van der Waals surface area contributed by atoms with E-state index in [0.29, 0.717) is 34.8 Å². The fourth-order valence-electron chi connectivity index (χ4n) is 4.19. The number of aliphatic imine (C=N–C) groups is 2. The van der Waals surface area contributed by atoms with Crippen LogP contribution < -0.4 is 10.1 Å². The molecule has 0 unspecified atom stereocenters. The van der Waals surface area contributed by atoms with Crippen molar-refractivity contribution in [1.82, 2.24) is 25.0 Å². The van der Waals surface area contributed by atoms with Crippen molar-refractivity contribution < 1.29 is 9.84 Å². The van der Waals surface area contributed by atoms with Crippen LogP contribution in [0.4, 0.5) is 5.82 Å². The highest BCUT2D eigenvalue weighted by molar-refractivity contribution is 6.37. The molecule has 11 heteroatoms. The minimum absolute atomic E-state index is 0.0790. The van der Waals surface area contributed by atoms with E-state index in [0.717, 1.165) is 48.5 Å². The molecular formula is C26H33ClN8O2. The molecule has 1 aliphatic heterocycles. The van der Waals surface area contributed by atoms with Crippen molar-refractivity contribution in [1.29, 1.82) is 0 Å². The molecule has 0 amide bonds. The lowest BCUT2D eigenvalue weighted by molar-refractivity contribution is 0.147. The molecule has 3 heterocycles. The number of nitrogens with zero attached hydrogens (tertiary/aromatic N) is 5. The number of rotatable bonds is 10. The zero-order valence-corrected chi connectivity index (χ0v) is 21.9. The third-order valence-electron chi connectivity index (χ3n) is 6.03. The molecule has 0 atom stereocenters. The van der Waals surface area contributed by atoms with Crippen LogP contribution in [0.3, 0.4) is 0 Å². The Labute approximate surface area is 221 Å². The molecule has 0 saturated carbocycles. The van der Waals surface area contributed by atoms with E-state index >= 15 is 0 Å². The summed E-state index contributed by atoms with van der Waals surface area (Å²) in [5, 5.41) is 21.2. The number of nitrogens with one attached hydrogen (secondary N) is 3. The number of aromatic nitrogens is 3. The maximum Gasteiger partial charge on any atom is 0.181 e. The fourth-order valence-corrected chi connectivity index (χ4v) is 4.46. The maximum atomic E-state index is 9.28. The quantitative estimate of drug-likeness (QED) is 0.236. The summed E-state index contributed by atoms with van der Waals surface area (Å²) >= 11 is 6.60. The molecular weight excluding hydrogens is 492 g/mol. The Kier molecular flexibility index (Phi) is 8.99. The smallest absolute Gasteiger partial charge is 0.181 e. The van der Waals surface area contributed by atoms with Crippen molar-refractivity contribution in [2.75, 3.05) is 51.4 Å². The number of anilines is 1. The van der Waals surface area contributed by atoms with Gasteiger partial charge in [-0.2, -0.15) is 5.10 Å². The predicted octanol–water partition coefficient (Wildman–Crippen LogP) is 3.88. The van der Waals surface area contributed by atoms with Crippen molar-refractivity contribution in [2.24, 2.45) is 9.98 Å². The van der Waals surface area contributed by atoms with Gasteiger partial charge in [0.2, 0.25) is 0 Å². The van der Waals surface area contributed by atoms with Gasteiger partial charge in [-0.25, -0.2) is 9.98 Å². The molecule has 4 N–H and O–H groups in total. The zero-order valence-electron chi connectivity index (χ0n) is 21.2. The largest absolute Gasteiger partial charge is 0.470 e. The van der Waals surface area contributed by atoms with E-state index in [1.54, 1.807) is 0 Å². The Morgan fingerprint density at radius 1 is 1.30 bits per heavy atom. The van der Waals surface area contributed by atoms with E-state index in [2.05, 4.69) is 42.0 Å². The van der Waals surface area contributed by atoms with E-state index in [9.17, 15) is 5.11 Å². The molecule has 37 heavy (non-hydrogen) atoms. The van der Waals surface area contributed by atoms with Gasteiger partial charge in [0.05, 0.1) is 17.3 Å². The highest BCUT2D eigenvalue weighted by Gasteiger charge is 2.19. The van der Waals surface area contributed by atoms with Gasteiger partial charge in [0, 0.05) is 61.5 Å². The Morgan fingerprint density at radius 3 is 2.84 bits per heavy atom. The summed E-state index contributed by atoms with van der Waals surface area (Å²) in [4.78, 5) is 16.6. The molecule has 1 aromatic carbocycles. The van der Waals surface area contributed by atoms with Gasteiger partial charge >= 0.3 is 0 Å².